The maximum absolute atomic E-state index is 13.1. The summed E-state index contributed by atoms with van der Waals surface area (Å²) in [5.74, 6) is -0.665. The van der Waals surface area contributed by atoms with Gasteiger partial charge in [0.1, 0.15) is 17.3 Å². The Morgan fingerprint density at radius 2 is 2.04 bits per heavy atom. The molecule has 1 amide bonds. The van der Waals surface area contributed by atoms with E-state index in [1.54, 1.807) is 13.8 Å². The van der Waals surface area contributed by atoms with Crippen LogP contribution in [0.2, 0.25) is 0 Å². The first-order chi connectivity index (χ1) is 12.3. The Morgan fingerprint density at radius 3 is 2.65 bits per heavy atom. The fraction of sp³-hybridized carbons (Fsp3) is 0.375. The molecule has 1 fully saturated rings. The van der Waals surface area contributed by atoms with E-state index in [4.69, 9.17) is 4.74 Å². The minimum Gasteiger partial charge on any atom is -0.365 e. The molecule has 0 saturated carbocycles. The molecule has 0 spiro atoms. The van der Waals surface area contributed by atoms with Crippen LogP contribution in [0.3, 0.4) is 0 Å². The van der Waals surface area contributed by atoms with E-state index in [0.717, 1.165) is 0 Å². The molecule has 140 valence electrons. The van der Waals surface area contributed by atoms with Crippen LogP contribution in [0.15, 0.2) is 29.2 Å². The van der Waals surface area contributed by atoms with E-state index in [9.17, 15) is 17.6 Å². The highest BCUT2D eigenvalue weighted by atomic mass is 32.2. The van der Waals surface area contributed by atoms with Gasteiger partial charge in [-0.3, -0.25) is 9.89 Å². The van der Waals surface area contributed by atoms with Gasteiger partial charge in [-0.25, -0.2) is 17.5 Å². The number of benzene rings is 1. The van der Waals surface area contributed by atoms with Gasteiger partial charge in [-0.05, 0) is 38.1 Å². The second-order valence-electron chi connectivity index (χ2n) is 6.03. The Labute approximate surface area is 150 Å². The van der Waals surface area contributed by atoms with Gasteiger partial charge in [0.05, 0.1) is 24.0 Å². The van der Waals surface area contributed by atoms with Gasteiger partial charge in [0.2, 0.25) is 10.0 Å². The number of H-pyrrole nitrogens is 1. The van der Waals surface area contributed by atoms with Crippen molar-refractivity contribution >= 4 is 21.6 Å². The smallest absolute Gasteiger partial charge is 0.253 e. The van der Waals surface area contributed by atoms with Crippen molar-refractivity contribution in [1.82, 2.24) is 14.9 Å². The molecule has 2 N–H and O–H groups in total. The highest BCUT2D eigenvalue weighted by molar-refractivity contribution is 7.89. The standard InChI is InChI=1S/C16H19FN4O4S/c1-10-16(11(2)20-19-10)26(23,24)18-7-14-8-21(15(22)9-25-14)13-5-3-12(17)4-6-13/h3-6,14,18H,7-9H2,1-2H3,(H,19,20). The van der Waals surface area contributed by atoms with Crippen molar-refractivity contribution in [2.75, 3.05) is 24.6 Å². The van der Waals surface area contributed by atoms with Gasteiger partial charge in [0.15, 0.2) is 0 Å². The number of carbonyl (C=O) groups excluding carboxylic acids is 1. The lowest BCUT2D eigenvalue weighted by molar-refractivity contribution is -0.129. The number of anilines is 1. The lowest BCUT2D eigenvalue weighted by atomic mass is 10.2. The van der Waals surface area contributed by atoms with Crippen molar-refractivity contribution in [3.8, 4) is 0 Å². The number of morpholine rings is 1. The molecule has 1 unspecified atom stereocenters. The highest BCUT2D eigenvalue weighted by Crippen LogP contribution is 2.20. The fourth-order valence-corrected chi connectivity index (χ4v) is 4.26. The molecule has 26 heavy (non-hydrogen) atoms. The normalized spacial score (nSPS) is 18.3. The second-order valence-corrected chi connectivity index (χ2v) is 7.73. The maximum Gasteiger partial charge on any atom is 0.253 e. The number of hydrogen-bond acceptors (Lipinski definition) is 5. The van der Waals surface area contributed by atoms with Crippen LogP contribution in [-0.4, -0.2) is 50.3 Å². The third-order valence-electron chi connectivity index (χ3n) is 4.10. The Balaban J connectivity index is 1.69. The van der Waals surface area contributed by atoms with Crippen molar-refractivity contribution in [3.05, 3.63) is 41.5 Å². The van der Waals surface area contributed by atoms with Gasteiger partial charge < -0.3 is 9.64 Å². The molecule has 1 aromatic heterocycles. The predicted octanol–water partition coefficient (Wildman–Crippen LogP) is 0.876. The molecule has 1 aliphatic rings. The Hall–Kier alpha value is -2.30. The van der Waals surface area contributed by atoms with Crippen molar-refractivity contribution in [1.29, 1.82) is 0 Å². The van der Waals surface area contributed by atoms with Gasteiger partial charge in [0, 0.05) is 12.2 Å². The van der Waals surface area contributed by atoms with Crippen molar-refractivity contribution in [2.45, 2.75) is 24.8 Å². The number of sulfonamides is 1. The average Bonchev–Trinajstić information content (AvgIpc) is 2.94. The highest BCUT2D eigenvalue weighted by Gasteiger charge is 2.29. The number of aromatic amines is 1. The van der Waals surface area contributed by atoms with Crippen LogP contribution in [-0.2, 0) is 19.6 Å². The van der Waals surface area contributed by atoms with Crippen LogP contribution < -0.4 is 9.62 Å². The van der Waals surface area contributed by atoms with Gasteiger partial charge in [-0.2, -0.15) is 5.10 Å². The van der Waals surface area contributed by atoms with Crippen LogP contribution in [0.25, 0.3) is 0 Å². The predicted molar refractivity (Wildman–Crippen MR) is 91.7 cm³/mol. The molecule has 2 heterocycles. The van der Waals surface area contributed by atoms with Crippen LogP contribution in [0.5, 0.6) is 0 Å². The van der Waals surface area contributed by atoms with Crippen molar-refractivity contribution in [2.24, 2.45) is 0 Å². The van der Waals surface area contributed by atoms with E-state index >= 15 is 0 Å². The minimum atomic E-state index is -3.76. The second kappa shape index (κ2) is 7.14. The summed E-state index contributed by atoms with van der Waals surface area (Å²) in [5, 5.41) is 6.52. The van der Waals surface area contributed by atoms with E-state index in [2.05, 4.69) is 14.9 Å². The zero-order valence-electron chi connectivity index (χ0n) is 14.3. The summed E-state index contributed by atoms with van der Waals surface area (Å²) < 4.78 is 46.0. The third kappa shape index (κ3) is 3.76. The summed E-state index contributed by atoms with van der Waals surface area (Å²) in [6.45, 7) is 3.21. The summed E-state index contributed by atoms with van der Waals surface area (Å²) in [6, 6.07) is 5.52. The fourth-order valence-electron chi connectivity index (χ4n) is 2.83. The van der Waals surface area contributed by atoms with Gasteiger partial charge in [-0.1, -0.05) is 0 Å². The van der Waals surface area contributed by atoms with E-state index in [-0.39, 0.29) is 30.5 Å². The molecular formula is C16H19FN4O4S. The molecule has 8 nitrogen and oxygen atoms in total. The summed E-state index contributed by atoms with van der Waals surface area (Å²) >= 11 is 0. The number of aryl methyl sites for hydroxylation is 2. The van der Waals surface area contributed by atoms with E-state index in [1.165, 1.54) is 29.2 Å². The van der Waals surface area contributed by atoms with Crippen molar-refractivity contribution < 1.29 is 22.3 Å². The Morgan fingerprint density at radius 1 is 1.35 bits per heavy atom. The summed E-state index contributed by atoms with van der Waals surface area (Å²) in [6.07, 6.45) is -0.528. The van der Waals surface area contributed by atoms with Crippen LogP contribution in [0, 0.1) is 19.7 Å². The lowest BCUT2D eigenvalue weighted by Gasteiger charge is -2.32. The first-order valence-electron chi connectivity index (χ1n) is 7.96. The summed E-state index contributed by atoms with van der Waals surface area (Å²) in [5.41, 5.74) is 1.36. The quantitative estimate of drug-likeness (QED) is 0.799. The molecule has 3 rings (SSSR count). The number of amides is 1. The number of aromatic nitrogens is 2. The number of nitrogens with zero attached hydrogens (tertiary/aromatic N) is 2. The summed E-state index contributed by atoms with van der Waals surface area (Å²) in [4.78, 5) is 13.6. The molecule has 1 aromatic carbocycles. The number of nitrogens with one attached hydrogen (secondary N) is 2. The first-order valence-corrected chi connectivity index (χ1v) is 9.45. The summed E-state index contributed by atoms with van der Waals surface area (Å²) in [7, 11) is -3.76. The first kappa shape index (κ1) is 18.5. The Bertz CT molecular complexity index is 891. The maximum atomic E-state index is 13.1. The zero-order chi connectivity index (χ0) is 18.9. The largest absolute Gasteiger partial charge is 0.365 e. The third-order valence-corrected chi connectivity index (χ3v) is 5.78. The molecule has 1 aliphatic heterocycles. The number of carbonyl (C=O) groups is 1. The van der Waals surface area contributed by atoms with Crippen molar-refractivity contribution in [3.63, 3.8) is 0 Å². The molecular weight excluding hydrogens is 363 g/mol. The monoisotopic (exact) mass is 382 g/mol. The van der Waals surface area contributed by atoms with E-state index in [0.29, 0.717) is 17.1 Å². The molecule has 0 aliphatic carbocycles. The minimum absolute atomic E-state index is 0.00261. The molecule has 2 aromatic rings. The van der Waals surface area contributed by atoms with Gasteiger partial charge in [-0.15, -0.1) is 0 Å². The van der Waals surface area contributed by atoms with Gasteiger partial charge >= 0.3 is 0 Å². The molecule has 10 heteroatoms. The lowest BCUT2D eigenvalue weighted by Crippen LogP contribution is -2.50. The van der Waals surface area contributed by atoms with Crippen LogP contribution in [0.4, 0.5) is 10.1 Å². The molecule has 0 bridgehead atoms. The molecule has 0 radical (unpaired) electrons. The van der Waals surface area contributed by atoms with E-state index < -0.39 is 21.9 Å². The van der Waals surface area contributed by atoms with E-state index in [1.807, 2.05) is 0 Å². The van der Waals surface area contributed by atoms with Crippen LogP contribution >= 0.6 is 0 Å². The zero-order valence-corrected chi connectivity index (χ0v) is 15.1. The van der Waals surface area contributed by atoms with Gasteiger partial charge in [0.25, 0.3) is 5.91 Å². The number of hydrogen-bond donors (Lipinski definition) is 2. The number of ether oxygens (including phenoxy) is 1. The Kier molecular flexibility index (Phi) is 5.08. The average molecular weight is 382 g/mol. The topological polar surface area (TPSA) is 104 Å². The number of halogens is 1. The molecule has 1 atom stereocenters. The number of rotatable bonds is 5. The molecule has 1 saturated heterocycles. The SMILES string of the molecule is Cc1n[nH]c(C)c1S(=O)(=O)NCC1CN(c2ccc(F)cc2)C(=O)CO1. The van der Waals surface area contributed by atoms with Crippen LogP contribution in [0.1, 0.15) is 11.4 Å².